The van der Waals surface area contributed by atoms with E-state index >= 15 is 0 Å². The number of nitrogens with zero attached hydrogens (tertiary/aromatic N) is 2. The summed E-state index contributed by atoms with van der Waals surface area (Å²) < 4.78 is 19.5. The van der Waals surface area contributed by atoms with Gasteiger partial charge in [-0.05, 0) is 37.1 Å². The molecule has 0 aliphatic heterocycles. The Kier molecular flexibility index (Phi) is 3.88. The van der Waals surface area contributed by atoms with Crippen LogP contribution in [0.25, 0.3) is 5.69 Å². The van der Waals surface area contributed by atoms with Crippen LogP contribution in [0.3, 0.4) is 0 Å². The molecule has 5 heteroatoms. The minimum atomic E-state index is -0.403. The fraction of sp³-hybridized carbons (Fsp3) is 0.333. The Morgan fingerprint density at radius 1 is 1.30 bits per heavy atom. The molecule has 0 saturated heterocycles. The van der Waals surface area contributed by atoms with E-state index < -0.39 is 5.97 Å². The minimum absolute atomic E-state index is 0.0875. The average molecular weight is 276 g/mol. The Labute approximate surface area is 117 Å². The zero-order valence-corrected chi connectivity index (χ0v) is 12.0. The number of carbonyl (C=O) groups is 1. The number of benzene rings is 1. The number of aromatic nitrogens is 2. The molecule has 0 radical (unpaired) electrons. The molecule has 1 heterocycles. The van der Waals surface area contributed by atoms with Crippen molar-refractivity contribution in [2.45, 2.75) is 26.7 Å². The molecule has 2 rings (SSSR count). The molecule has 1 aromatic heterocycles. The van der Waals surface area contributed by atoms with Gasteiger partial charge in [0.2, 0.25) is 0 Å². The molecule has 106 valence electrons. The molecule has 20 heavy (non-hydrogen) atoms. The number of hydrogen-bond acceptors (Lipinski definition) is 3. The Hall–Kier alpha value is -2.17. The van der Waals surface area contributed by atoms with E-state index in [1.807, 2.05) is 13.8 Å². The van der Waals surface area contributed by atoms with Crippen LogP contribution in [-0.4, -0.2) is 22.9 Å². The number of halogens is 1. The van der Waals surface area contributed by atoms with E-state index in [2.05, 4.69) is 5.10 Å². The lowest BCUT2D eigenvalue weighted by atomic mass is 10.0. The summed E-state index contributed by atoms with van der Waals surface area (Å²) in [5.41, 5.74) is 2.55. The maximum absolute atomic E-state index is 13.0. The smallest absolute Gasteiger partial charge is 0.341 e. The van der Waals surface area contributed by atoms with Crippen LogP contribution in [-0.2, 0) is 4.74 Å². The topological polar surface area (TPSA) is 44.1 Å². The van der Waals surface area contributed by atoms with Crippen molar-refractivity contribution >= 4 is 5.97 Å². The summed E-state index contributed by atoms with van der Waals surface area (Å²) in [4.78, 5) is 11.9. The average Bonchev–Trinajstić information content (AvgIpc) is 2.77. The second-order valence-corrected chi connectivity index (χ2v) is 4.88. The third-order valence-electron chi connectivity index (χ3n) is 3.15. The van der Waals surface area contributed by atoms with Gasteiger partial charge < -0.3 is 4.74 Å². The van der Waals surface area contributed by atoms with Crippen molar-refractivity contribution in [1.29, 1.82) is 0 Å². The third-order valence-corrected chi connectivity index (χ3v) is 3.15. The molecule has 0 fully saturated rings. The van der Waals surface area contributed by atoms with E-state index in [9.17, 15) is 9.18 Å². The fourth-order valence-corrected chi connectivity index (χ4v) is 2.12. The fourth-order valence-electron chi connectivity index (χ4n) is 2.12. The van der Waals surface area contributed by atoms with Crippen molar-refractivity contribution in [3.8, 4) is 5.69 Å². The lowest BCUT2D eigenvalue weighted by Crippen LogP contribution is -2.07. The summed E-state index contributed by atoms with van der Waals surface area (Å²) in [6.07, 6.45) is 0. The van der Waals surface area contributed by atoms with Gasteiger partial charge in [0.05, 0.1) is 24.2 Å². The van der Waals surface area contributed by atoms with E-state index in [-0.39, 0.29) is 11.7 Å². The first kappa shape index (κ1) is 14.2. The monoisotopic (exact) mass is 276 g/mol. The minimum Gasteiger partial charge on any atom is -0.465 e. The molecule has 0 saturated carbocycles. The quantitative estimate of drug-likeness (QED) is 0.808. The zero-order valence-electron chi connectivity index (χ0n) is 12.0. The van der Waals surface area contributed by atoms with Gasteiger partial charge in [0, 0.05) is 0 Å². The number of methoxy groups -OCH3 is 1. The highest BCUT2D eigenvalue weighted by Crippen LogP contribution is 2.24. The first-order chi connectivity index (χ1) is 9.45. The highest BCUT2D eigenvalue weighted by Gasteiger charge is 2.24. The molecule has 2 aromatic rings. The normalized spacial score (nSPS) is 10.9. The summed E-state index contributed by atoms with van der Waals surface area (Å²) >= 11 is 0. The van der Waals surface area contributed by atoms with Gasteiger partial charge in [0.1, 0.15) is 11.4 Å². The van der Waals surface area contributed by atoms with Crippen molar-refractivity contribution in [2.24, 2.45) is 0 Å². The van der Waals surface area contributed by atoms with Crippen molar-refractivity contribution in [3.63, 3.8) is 0 Å². The van der Waals surface area contributed by atoms with E-state index in [4.69, 9.17) is 4.74 Å². The van der Waals surface area contributed by atoms with Crippen LogP contribution in [0.2, 0.25) is 0 Å². The molecular formula is C15H17FN2O2. The summed E-state index contributed by atoms with van der Waals surface area (Å²) in [6, 6.07) is 5.98. The van der Waals surface area contributed by atoms with Gasteiger partial charge in [-0.25, -0.2) is 13.9 Å². The maximum atomic E-state index is 13.0. The van der Waals surface area contributed by atoms with Crippen molar-refractivity contribution < 1.29 is 13.9 Å². The first-order valence-electron chi connectivity index (χ1n) is 6.39. The lowest BCUT2D eigenvalue weighted by molar-refractivity contribution is 0.0598. The van der Waals surface area contributed by atoms with Crippen LogP contribution in [0.15, 0.2) is 24.3 Å². The zero-order chi connectivity index (χ0) is 14.9. The first-order valence-corrected chi connectivity index (χ1v) is 6.39. The molecule has 0 atom stereocenters. The number of hydrogen-bond donors (Lipinski definition) is 0. The SMILES string of the molecule is COC(=O)c1c(C(C)C)nn(-c2ccc(F)cc2)c1C. The van der Waals surface area contributed by atoms with Gasteiger partial charge in [-0.2, -0.15) is 5.10 Å². The highest BCUT2D eigenvalue weighted by atomic mass is 19.1. The molecule has 0 N–H and O–H groups in total. The molecule has 0 bridgehead atoms. The Bertz CT molecular complexity index is 630. The number of carbonyl (C=O) groups excluding carboxylic acids is 1. The van der Waals surface area contributed by atoms with Crippen LogP contribution in [0.4, 0.5) is 4.39 Å². The molecule has 4 nitrogen and oxygen atoms in total. The van der Waals surface area contributed by atoms with Crippen molar-refractivity contribution in [1.82, 2.24) is 9.78 Å². The van der Waals surface area contributed by atoms with Crippen LogP contribution >= 0.6 is 0 Å². The van der Waals surface area contributed by atoms with Crippen LogP contribution < -0.4 is 0 Å². The highest BCUT2D eigenvalue weighted by molar-refractivity contribution is 5.92. The summed E-state index contributed by atoms with van der Waals surface area (Å²) in [6.45, 7) is 5.72. The van der Waals surface area contributed by atoms with E-state index in [0.29, 0.717) is 22.6 Å². The second-order valence-electron chi connectivity index (χ2n) is 4.88. The van der Waals surface area contributed by atoms with Gasteiger partial charge in [-0.1, -0.05) is 13.8 Å². The van der Waals surface area contributed by atoms with Gasteiger partial charge in [-0.3, -0.25) is 0 Å². The second kappa shape index (κ2) is 5.45. The van der Waals surface area contributed by atoms with Crippen molar-refractivity contribution in [2.75, 3.05) is 7.11 Å². The molecule has 1 aromatic carbocycles. The van der Waals surface area contributed by atoms with Crippen molar-refractivity contribution in [3.05, 3.63) is 47.0 Å². The van der Waals surface area contributed by atoms with E-state index in [1.165, 1.54) is 19.2 Å². The molecular weight excluding hydrogens is 259 g/mol. The maximum Gasteiger partial charge on any atom is 0.341 e. The largest absolute Gasteiger partial charge is 0.465 e. The van der Waals surface area contributed by atoms with Crippen LogP contribution in [0.1, 0.15) is 41.5 Å². The van der Waals surface area contributed by atoms with Gasteiger partial charge in [-0.15, -0.1) is 0 Å². The Balaban J connectivity index is 2.61. The van der Waals surface area contributed by atoms with E-state index in [0.717, 1.165) is 0 Å². The predicted octanol–water partition coefficient (Wildman–Crippen LogP) is 3.23. The number of ether oxygens (including phenoxy) is 1. The predicted molar refractivity (Wildman–Crippen MR) is 73.7 cm³/mol. The summed E-state index contributed by atoms with van der Waals surface area (Å²) in [7, 11) is 1.35. The van der Waals surface area contributed by atoms with Gasteiger partial charge in [0.25, 0.3) is 0 Å². The molecule has 0 aliphatic carbocycles. The third kappa shape index (κ3) is 2.43. The molecule has 0 unspecified atom stereocenters. The van der Waals surface area contributed by atoms with Gasteiger partial charge >= 0.3 is 5.97 Å². The summed E-state index contributed by atoms with van der Waals surface area (Å²) in [5.74, 6) is -0.625. The number of rotatable bonds is 3. The lowest BCUT2D eigenvalue weighted by Gasteiger charge is -2.04. The van der Waals surface area contributed by atoms with Crippen LogP contribution in [0.5, 0.6) is 0 Å². The van der Waals surface area contributed by atoms with E-state index in [1.54, 1.807) is 23.7 Å². The Morgan fingerprint density at radius 2 is 1.90 bits per heavy atom. The molecule has 0 aliphatic rings. The summed E-state index contributed by atoms with van der Waals surface area (Å²) in [5, 5.41) is 4.47. The molecule has 0 amide bonds. The Morgan fingerprint density at radius 3 is 2.40 bits per heavy atom. The van der Waals surface area contributed by atoms with Crippen LogP contribution in [0, 0.1) is 12.7 Å². The number of esters is 1. The standard InChI is InChI=1S/C15H17FN2O2/c1-9(2)14-13(15(19)20-4)10(3)18(17-14)12-7-5-11(16)6-8-12/h5-9H,1-4H3. The van der Waals surface area contributed by atoms with Gasteiger partial charge in [0.15, 0.2) is 0 Å². The molecule has 0 spiro atoms.